The van der Waals surface area contributed by atoms with E-state index < -0.39 is 6.10 Å². The summed E-state index contributed by atoms with van der Waals surface area (Å²) in [6, 6.07) is 0. The zero-order chi connectivity index (χ0) is 38.0. The first-order valence-corrected chi connectivity index (χ1v) is 23.5. The second kappa shape index (κ2) is 42.6. The van der Waals surface area contributed by atoms with Crippen molar-refractivity contribution in [3.05, 3.63) is 0 Å². The van der Waals surface area contributed by atoms with Gasteiger partial charge in [-0.15, -0.1) is 0 Å². The second-order valence-electron chi connectivity index (χ2n) is 16.7. The lowest BCUT2D eigenvalue weighted by atomic mass is 10.0. The van der Waals surface area contributed by atoms with E-state index in [0.29, 0.717) is 12.8 Å². The van der Waals surface area contributed by atoms with Gasteiger partial charge in [0.2, 0.25) is 0 Å². The molecule has 0 saturated heterocycles. The molecule has 0 unspecified atom stereocenters. The van der Waals surface area contributed by atoms with Crippen LogP contribution in [0, 0.1) is 5.92 Å². The molecule has 0 aromatic heterocycles. The van der Waals surface area contributed by atoms with Gasteiger partial charge in [0, 0.05) is 12.8 Å². The minimum Gasteiger partial charge on any atom is -0.462 e. The number of unbranched alkanes of at least 4 members (excludes halogenated alkanes) is 33. The number of esters is 2. The molecule has 0 radical (unpaired) electrons. The zero-order valence-corrected chi connectivity index (χ0v) is 35.5. The van der Waals surface area contributed by atoms with E-state index in [1.54, 1.807) is 0 Å². The van der Waals surface area contributed by atoms with Crippen LogP contribution in [0.25, 0.3) is 0 Å². The summed E-state index contributed by atoms with van der Waals surface area (Å²) >= 11 is 0. The topological polar surface area (TPSA) is 72.8 Å². The molecule has 5 nitrogen and oxygen atoms in total. The summed E-state index contributed by atoms with van der Waals surface area (Å²) in [4.78, 5) is 24.4. The monoisotopic (exact) mass is 737 g/mol. The number of carbonyl (C=O) groups is 2. The second-order valence-corrected chi connectivity index (χ2v) is 16.7. The predicted octanol–water partition coefficient (Wildman–Crippen LogP) is 14.9. The highest BCUT2D eigenvalue weighted by molar-refractivity contribution is 5.70. The molecule has 0 aliphatic rings. The normalized spacial score (nSPS) is 12.1. The van der Waals surface area contributed by atoms with Crippen molar-refractivity contribution in [3.8, 4) is 0 Å². The quantitative estimate of drug-likeness (QED) is 0.0498. The molecular formula is C47H92O5. The van der Waals surface area contributed by atoms with Gasteiger partial charge in [-0.25, -0.2) is 0 Å². The summed E-state index contributed by atoms with van der Waals surface area (Å²) in [6.45, 7) is 6.56. The summed E-state index contributed by atoms with van der Waals surface area (Å²) in [7, 11) is 0. The van der Waals surface area contributed by atoms with Crippen molar-refractivity contribution in [2.75, 3.05) is 13.2 Å². The molecule has 0 aromatic carbocycles. The maximum Gasteiger partial charge on any atom is 0.306 e. The van der Waals surface area contributed by atoms with Crippen LogP contribution in [0.1, 0.15) is 265 Å². The molecular weight excluding hydrogens is 645 g/mol. The van der Waals surface area contributed by atoms with Crippen LogP contribution in [0.5, 0.6) is 0 Å². The van der Waals surface area contributed by atoms with Gasteiger partial charge in [-0.3, -0.25) is 9.59 Å². The number of aliphatic hydroxyl groups excluding tert-OH is 1. The Labute approximate surface area is 325 Å². The van der Waals surface area contributed by atoms with Gasteiger partial charge in [0.25, 0.3) is 0 Å². The Hall–Kier alpha value is -1.10. The van der Waals surface area contributed by atoms with Crippen molar-refractivity contribution in [2.24, 2.45) is 5.92 Å². The van der Waals surface area contributed by atoms with E-state index >= 15 is 0 Å². The van der Waals surface area contributed by atoms with E-state index in [4.69, 9.17) is 9.47 Å². The molecule has 310 valence electrons. The van der Waals surface area contributed by atoms with Crippen LogP contribution in [-0.4, -0.2) is 36.4 Å². The Kier molecular flexibility index (Phi) is 41.7. The molecule has 0 fully saturated rings. The van der Waals surface area contributed by atoms with Crippen molar-refractivity contribution in [1.29, 1.82) is 0 Å². The Morgan fingerprint density at radius 2 is 0.712 bits per heavy atom. The van der Waals surface area contributed by atoms with E-state index in [1.165, 1.54) is 199 Å². The fourth-order valence-electron chi connectivity index (χ4n) is 7.27. The number of ether oxygens (including phenoxy) is 2. The molecule has 0 aliphatic heterocycles. The Bertz CT molecular complexity index is 723. The summed E-state index contributed by atoms with van der Waals surface area (Å²) in [6.07, 6.45) is 47.5. The van der Waals surface area contributed by atoms with Gasteiger partial charge in [-0.05, 0) is 18.8 Å². The third-order valence-electron chi connectivity index (χ3n) is 10.8. The van der Waals surface area contributed by atoms with E-state index in [0.717, 1.165) is 38.0 Å². The number of hydrogen-bond donors (Lipinski definition) is 1. The molecule has 0 amide bonds. The minimum atomic E-state index is -0.763. The third kappa shape index (κ3) is 41.7. The number of rotatable bonds is 43. The van der Waals surface area contributed by atoms with Gasteiger partial charge in [0.15, 0.2) is 6.10 Å². The fourth-order valence-corrected chi connectivity index (χ4v) is 7.27. The van der Waals surface area contributed by atoms with E-state index in [9.17, 15) is 14.7 Å². The summed E-state index contributed by atoms with van der Waals surface area (Å²) < 4.78 is 10.7. The Morgan fingerprint density at radius 3 is 1.02 bits per heavy atom. The molecule has 5 heteroatoms. The van der Waals surface area contributed by atoms with Crippen LogP contribution in [0.2, 0.25) is 0 Å². The van der Waals surface area contributed by atoms with Gasteiger partial charge in [-0.2, -0.15) is 0 Å². The van der Waals surface area contributed by atoms with Crippen molar-refractivity contribution in [2.45, 2.75) is 271 Å². The van der Waals surface area contributed by atoms with Crippen LogP contribution in [-0.2, 0) is 19.1 Å². The van der Waals surface area contributed by atoms with Crippen LogP contribution < -0.4 is 0 Å². The van der Waals surface area contributed by atoms with Crippen molar-refractivity contribution in [3.63, 3.8) is 0 Å². The average Bonchev–Trinajstić information content (AvgIpc) is 3.13. The van der Waals surface area contributed by atoms with Crippen LogP contribution >= 0.6 is 0 Å². The highest BCUT2D eigenvalue weighted by atomic mass is 16.6. The number of carbonyl (C=O) groups excluding carboxylic acids is 2. The molecule has 0 aromatic rings. The maximum absolute atomic E-state index is 12.2. The van der Waals surface area contributed by atoms with Crippen molar-refractivity contribution in [1.82, 2.24) is 0 Å². The van der Waals surface area contributed by atoms with Gasteiger partial charge < -0.3 is 14.6 Å². The molecule has 0 aliphatic carbocycles. The average molecular weight is 737 g/mol. The lowest BCUT2D eigenvalue weighted by Gasteiger charge is -2.15. The molecule has 1 N–H and O–H groups in total. The van der Waals surface area contributed by atoms with Gasteiger partial charge in [-0.1, -0.05) is 239 Å². The number of hydrogen-bond acceptors (Lipinski definition) is 5. The molecule has 0 heterocycles. The largest absolute Gasteiger partial charge is 0.462 e. The van der Waals surface area contributed by atoms with Crippen LogP contribution in [0.15, 0.2) is 0 Å². The zero-order valence-electron chi connectivity index (χ0n) is 35.5. The molecule has 52 heavy (non-hydrogen) atoms. The van der Waals surface area contributed by atoms with Gasteiger partial charge >= 0.3 is 11.9 Å². The summed E-state index contributed by atoms with van der Waals surface area (Å²) in [5.74, 6) is 0.294. The maximum atomic E-state index is 12.2. The molecule has 0 spiro atoms. The first-order valence-electron chi connectivity index (χ1n) is 23.5. The van der Waals surface area contributed by atoms with Crippen LogP contribution in [0.3, 0.4) is 0 Å². The summed E-state index contributed by atoms with van der Waals surface area (Å²) in [5, 5.41) is 9.60. The lowest BCUT2D eigenvalue weighted by Crippen LogP contribution is -2.28. The standard InChI is InChI=1S/C47H92O5/c1-4-5-6-7-8-9-10-11-12-15-20-23-26-29-32-35-38-41-47(50)52-45(42-48)43-51-46(49)40-37-34-31-28-25-22-19-17-14-13-16-18-21-24-27-30-33-36-39-44(2)3/h44-45,48H,4-43H2,1-3H3/t45-/m0/s1. The predicted molar refractivity (Wildman–Crippen MR) is 224 cm³/mol. The Morgan fingerprint density at radius 1 is 0.423 bits per heavy atom. The van der Waals surface area contributed by atoms with Crippen molar-refractivity contribution >= 4 is 11.9 Å². The molecule has 0 rings (SSSR count). The molecule has 0 saturated carbocycles. The summed E-state index contributed by atoms with van der Waals surface area (Å²) in [5.41, 5.74) is 0. The molecule has 0 bridgehead atoms. The van der Waals surface area contributed by atoms with E-state index in [-0.39, 0.29) is 25.2 Å². The highest BCUT2D eigenvalue weighted by Gasteiger charge is 2.16. The fraction of sp³-hybridized carbons (Fsp3) is 0.957. The van der Waals surface area contributed by atoms with E-state index in [2.05, 4.69) is 20.8 Å². The third-order valence-corrected chi connectivity index (χ3v) is 10.8. The first-order chi connectivity index (χ1) is 25.5. The highest BCUT2D eigenvalue weighted by Crippen LogP contribution is 2.17. The lowest BCUT2D eigenvalue weighted by molar-refractivity contribution is -0.161. The molecule has 1 atom stereocenters. The van der Waals surface area contributed by atoms with Gasteiger partial charge in [0.1, 0.15) is 6.61 Å². The minimum absolute atomic E-state index is 0.0567. The smallest absolute Gasteiger partial charge is 0.306 e. The van der Waals surface area contributed by atoms with Crippen LogP contribution in [0.4, 0.5) is 0 Å². The van der Waals surface area contributed by atoms with Crippen molar-refractivity contribution < 1.29 is 24.2 Å². The number of aliphatic hydroxyl groups is 1. The first kappa shape index (κ1) is 50.9. The van der Waals surface area contributed by atoms with E-state index in [1.807, 2.05) is 0 Å². The SMILES string of the molecule is CCCCCCCCCCCCCCCCCCCC(=O)O[C@@H](CO)COC(=O)CCCCCCCCCCCCCCCCCCCCC(C)C. The van der Waals surface area contributed by atoms with Gasteiger partial charge in [0.05, 0.1) is 6.61 Å². The Balaban J connectivity index is 3.44.